The fourth-order valence-corrected chi connectivity index (χ4v) is 2.44. The molecule has 1 aliphatic rings. The van der Waals surface area contributed by atoms with Gasteiger partial charge in [-0.1, -0.05) is 12.1 Å². The van der Waals surface area contributed by atoms with Gasteiger partial charge in [-0.05, 0) is 42.5 Å². The number of aryl methyl sites for hydroxylation is 2. The fourth-order valence-electron chi connectivity index (χ4n) is 2.44. The third-order valence-corrected chi connectivity index (χ3v) is 3.40. The second-order valence-electron chi connectivity index (χ2n) is 4.50. The van der Waals surface area contributed by atoms with Gasteiger partial charge in [-0.3, -0.25) is 4.98 Å². The lowest BCUT2D eigenvalue weighted by Crippen LogP contribution is -1.99. The molecule has 86 valence electrons. The second-order valence-corrected chi connectivity index (χ2v) is 4.50. The summed E-state index contributed by atoms with van der Waals surface area (Å²) in [6, 6.07) is 8.19. The minimum atomic E-state index is 0.574. The van der Waals surface area contributed by atoms with Crippen molar-refractivity contribution in [3.05, 3.63) is 41.6 Å². The summed E-state index contributed by atoms with van der Waals surface area (Å²) >= 11 is 0. The number of hydrogen-bond donors (Lipinski definition) is 2. The Bertz CT molecular complexity index is 576. The number of anilines is 2. The van der Waals surface area contributed by atoms with E-state index in [4.69, 9.17) is 11.5 Å². The fraction of sp³-hybridized carbons (Fsp3) is 0.214. The van der Waals surface area contributed by atoms with Gasteiger partial charge in [0.25, 0.3) is 0 Å². The zero-order valence-corrected chi connectivity index (χ0v) is 9.61. The molecule has 0 radical (unpaired) electrons. The lowest BCUT2D eigenvalue weighted by molar-refractivity contribution is 0.912. The Balaban J connectivity index is 2.13. The standard InChI is InChI=1S/C14H15N3/c15-12-6-7-17-14(13(12)16)11-5-4-9-2-1-3-10(9)8-11/h4-8H,1-3,16H2,(H2,15,17). The normalized spacial score (nSPS) is 13.6. The van der Waals surface area contributed by atoms with Gasteiger partial charge in [-0.15, -0.1) is 0 Å². The number of aromatic nitrogens is 1. The highest BCUT2D eigenvalue weighted by Crippen LogP contribution is 2.31. The summed E-state index contributed by atoms with van der Waals surface area (Å²) in [6.07, 6.45) is 5.30. The molecule has 0 bridgehead atoms. The molecule has 1 aromatic heterocycles. The summed E-state index contributed by atoms with van der Waals surface area (Å²) in [4.78, 5) is 4.33. The largest absolute Gasteiger partial charge is 0.397 e. The summed E-state index contributed by atoms with van der Waals surface area (Å²) in [5, 5.41) is 0. The zero-order valence-electron chi connectivity index (χ0n) is 9.61. The maximum atomic E-state index is 5.97. The Morgan fingerprint density at radius 1 is 1.00 bits per heavy atom. The first-order valence-electron chi connectivity index (χ1n) is 5.88. The Morgan fingerprint density at radius 3 is 2.71 bits per heavy atom. The van der Waals surface area contributed by atoms with E-state index in [1.54, 1.807) is 12.3 Å². The molecule has 1 aromatic carbocycles. The van der Waals surface area contributed by atoms with Crippen molar-refractivity contribution >= 4 is 11.4 Å². The summed E-state index contributed by atoms with van der Waals surface area (Å²) in [6.45, 7) is 0. The van der Waals surface area contributed by atoms with E-state index in [2.05, 4.69) is 23.2 Å². The van der Waals surface area contributed by atoms with Crippen LogP contribution in [0.25, 0.3) is 11.3 Å². The molecule has 0 saturated heterocycles. The molecule has 0 amide bonds. The minimum Gasteiger partial charge on any atom is -0.397 e. The molecular formula is C14H15N3. The number of nitrogens with zero attached hydrogens (tertiary/aromatic N) is 1. The third kappa shape index (κ3) is 1.64. The molecule has 0 spiro atoms. The smallest absolute Gasteiger partial charge is 0.0952 e. The highest BCUT2D eigenvalue weighted by molar-refractivity contribution is 5.81. The van der Waals surface area contributed by atoms with E-state index in [9.17, 15) is 0 Å². The van der Waals surface area contributed by atoms with Crippen LogP contribution in [0.3, 0.4) is 0 Å². The number of nitrogen functional groups attached to an aromatic ring is 2. The molecule has 0 aliphatic heterocycles. The van der Waals surface area contributed by atoms with Crippen molar-refractivity contribution in [2.75, 3.05) is 11.5 Å². The number of benzene rings is 1. The van der Waals surface area contributed by atoms with Crippen LogP contribution in [0.4, 0.5) is 11.4 Å². The lowest BCUT2D eigenvalue weighted by atomic mass is 10.0. The molecule has 1 aliphatic carbocycles. The van der Waals surface area contributed by atoms with Crippen LogP contribution in [0.15, 0.2) is 30.5 Å². The van der Waals surface area contributed by atoms with E-state index in [1.807, 2.05) is 0 Å². The number of rotatable bonds is 1. The molecule has 2 aromatic rings. The molecule has 3 heteroatoms. The maximum absolute atomic E-state index is 5.97. The number of pyridine rings is 1. The Labute approximate surface area is 100 Å². The van der Waals surface area contributed by atoms with E-state index in [0.29, 0.717) is 11.4 Å². The molecular weight excluding hydrogens is 210 g/mol. The van der Waals surface area contributed by atoms with Crippen LogP contribution in [0, 0.1) is 0 Å². The number of fused-ring (bicyclic) bond motifs is 1. The number of hydrogen-bond acceptors (Lipinski definition) is 3. The maximum Gasteiger partial charge on any atom is 0.0952 e. The van der Waals surface area contributed by atoms with Crippen LogP contribution in [0.2, 0.25) is 0 Å². The summed E-state index contributed by atoms with van der Waals surface area (Å²) < 4.78 is 0. The van der Waals surface area contributed by atoms with Gasteiger partial charge < -0.3 is 11.5 Å². The number of nitrogens with two attached hydrogens (primary N) is 2. The highest BCUT2D eigenvalue weighted by atomic mass is 14.8. The highest BCUT2D eigenvalue weighted by Gasteiger charge is 2.13. The van der Waals surface area contributed by atoms with Gasteiger partial charge in [0.05, 0.1) is 17.1 Å². The van der Waals surface area contributed by atoms with Crippen LogP contribution >= 0.6 is 0 Å². The Kier molecular flexibility index (Phi) is 2.25. The second kappa shape index (κ2) is 3.77. The van der Waals surface area contributed by atoms with Crippen LogP contribution in [0.1, 0.15) is 17.5 Å². The molecule has 3 rings (SSSR count). The van der Waals surface area contributed by atoms with Crippen molar-refractivity contribution in [3.8, 4) is 11.3 Å². The van der Waals surface area contributed by atoms with Gasteiger partial charge in [0, 0.05) is 11.8 Å². The van der Waals surface area contributed by atoms with Crippen LogP contribution < -0.4 is 11.5 Å². The third-order valence-electron chi connectivity index (χ3n) is 3.40. The first kappa shape index (κ1) is 10.1. The van der Waals surface area contributed by atoms with Gasteiger partial charge in [-0.25, -0.2) is 0 Å². The Hall–Kier alpha value is -2.03. The van der Waals surface area contributed by atoms with Crippen LogP contribution in [0.5, 0.6) is 0 Å². The quantitative estimate of drug-likeness (QED) is 0.783. The van der Waals surface area contributed by atoms with Crippen molar-refractivity contribution in [1.29, 1.82) is 0 Å². The average Bonchev–Trinajstić information content (AvgIpc) is 2.79. The van der Waals surface area contributed by atoms with Crippen molar-refractivity contribution in [1.82, 2.24) is 4.98 Å². The first-order valence-corrected chi connectivity index (χ1v) is 5.88. The van der Waals surface area contributed by atoms with Crippen molar-refractivity contribution in [3.63, 3.8) is 0 Å². The molecule has 1 heterocycles. The molecule has 0 unspecified atom stereocenters. The van der Waals surface area contributed by atoms with Gasteiger partial charge >= 0.3 is 0 Å². The monoisotopic (exact) mass is 225 g/mol. The van der Waals surface area contributed by atoms with E-state index in [1.165, 1.54) is 24.0 Å². The molecule has 17 heavy (non-hydrogen) atoms. The van der Waals surface area contributed by atoms with Crippen molar-refractivity contribution < 1.29 is 0 Å². The molecule has 0 saturated carbocycles. The van der Waals surface area contributed by atoms with Crippen molar-refractivity contribution in [2.45, 2.75) is 19.3 Å². The van der Waals surface area contributed by atoms with Gasteiger partial charge in [0.1, 0.15) is 0 Å². The van der Waals surface area contributed by atoms with Crippen LogP contribution in [-0.4, -0.2) is 4.98 Å². The summed E-state index contributed by atoms with van der Waals surface area (Å²) in [5.74, 6) is 0. The van der Waals surface area contributed by atoms with Gasteiger partial charge in [0.2, 0.25) is 0 Å². The van der Waals surface area contributed by atoms with E-state index in [-0.39, 0.29) is 0 Å². The van der Waals surface area contributed by atoms with Gasteiger partial charge in [-0.2, -0.15) is 0 Å². The van der Waals surface area contributed by atoms with Gasteiger partial charge in [0.15, 0.2) is 0 Å². The molecule has 3 nitrogen and oxygen atoms in total. The van der Waals surface area contributed by atoms with E-state index >= 15 is 0 Å². The topological polar surface area (TPSA) is 64.9 Å². The summed E-state index contributed by atoms with van der Waals surface area (Å²) in [7, 11) is 0. The minimum absolute atomic E-state index is 0.574. The molecule has 0 fully saturated rings. The predicted octanol–water partition coefficient (Wildman–Crippen LogP) is 2.40. The van der Waals surface area contributed by atoms with Crippen molar-refractivity contribution in [2.24, 2.45) is 0 Å². The summed E-state index contributed by atoms with van der Waals surface area (Å²) in [5.41, 5.74) is 17.7. The molecule has 0 atom stereocenters. The molecule has 4 N–H and O–H groups in total. The predicted molar refractivity (Wildman–Crippen MR) is 70.5 cm³/mol. The van der Waals surface area contributed by atoms with E-state index in [0.717, 1.165) is 17.7 Å². The SMILES string of the molecule is Nc1ccnc(-c2ccc3c(c2)CCC3)c1N. The van der Waals surface area contributed by atoms with E-state index < -0.39 is 0 Å². The Morgan fingerprint density at radius 2 is 1.82 bits per heavy atom. The zero-order chi connectivity index (χ0) is 11.8. The average molecular weight is 225 g/mol. The lowest BCUT2D eigenvalue weighted by Gasteiger charge is -2.08. The van der Waals surface area contributed by atoms with Crippen LogP contribution in [-0.2, 0) is 12.8 Å². The first-order chi connectivity index (χ1) is 8.25.